The Bertz CT molecular complexity index is 600. The molecule has 0 aliphatic heterocycles. The normalized spacial score (nSPS) is 13.9. The number of guanidine groups is 1. The molecule has 0 saturated heterocycles. The van der Waals surface area contributed by atoms with E-state index in [0.717, 1.165) is 16.7 Å². The smallest absolute Gasteiger partial charge is 0.357 e. The van der Waals surface area contributed by atoms with Gasteiger partial charge in [0.15, 0.2) is 11.7 Å². The van der Waals surface area contributed by atoms with E-state index >= 15 is 0 Å². The number of nitrogens with zero attached hydrogens (tertiary/aromatic N) is 2. The van der Waals surface area contributed by atoms with Crippen molar-refractivity contribution in [2.24, 2.45) is 4.99 Å². The Morgan fingerprint density at radius 2 is 1.96 bits per heavy atom. The minimum Gasteiger partial charge on any atom is -0.357 e. The quantitative estimate of drug-likeness (QED) is 0.325. The molecule has 26 heavy (non-hydrogen) atoms. The molecule has 0 fully saturated rings. The summed E-state index contributed by atoms with van der Waals surface area (Å²) in [7, 11) is -0.976. The third-order valence-corrected chi connectivity index (χ3v) is 5.88. The maximum absolute atomic E-state index is 12.5. The molecule has 11 heteroatoms. The summed E-state index contributed by atoms with van der Waals surface area (Å²) in [5.74, 6) is 1.02. The van der Waals surface area contributed by atoms with Gasteiger partial charge in [-0.05, 0) is 27.7 Å². The Labute approximate surface area is 176 Å². The molecule has 0 radical (unpaired) electrons. The Hall–Kier alpha value is -0.430. The molecular weight excluding hydrogens is 500 g/mol. The van der Waals surface area contributed by atoms with Crippen LogP contribution in [0.3, 0.4) is 0 Å². The number of aliphatic imine (C=N–C) groups is 1. The molecule has 2 N–H and O–H groups in total. The zero-order chi connectivity index (χ0) is 19.1. The van der Waals surface area contributed by atoms with Gasteiger partial charge in [-0.1, -0.05) is 0 Å². The van der Waals surface area contributed by atoms with Crippen LogP contribution in [0.2, 0.25) is 0 Å². The number of thiazole rings is 1. The van der Waals surface area contributed by atoms with Crippen LogP contribution in [0.15, 0.2) is 10.4 Å². The van der Waals surface area contributed by atoms with Crippen LogP contribution >= 0.6 is 35.3 Å². The standard InChI is InChI=1S/C15H25F3N4OS2.HI/c1-5-19-13(21-8-9-25(23)14(2,3)4)20-7-6-12-22-11(10-24-12)15(16,17)18;/h10H,5-9H2,1-4H3,(H2,19,20,21);1H. The molecule has 1 rings (SSSR count). The van der Waals surface area contributed by atoms with Crippen molar-refractivity contribution in [3.63, 3.8) is 0 Å². The van der Waals surface area contributed by atoms with Crippen molar-refractivity contribution in [2.75, 3.05) is 25.4 Å². The van der Waals surface area contributed by atoms with E-state index in [1.54, 1.807) is 0 Å². The van der Waals surface area contributed by atoms with Gasteiger partial charge in [-0.3, -0.25) is 9.20 Å². The molecule has 0 amide bonds. The largest absolute Gasteiger partial charge is 0.434 e. The first kappa shape index (κ1) is 25.6. The van der Waals surface area contributed by atoms with E-state index in [1.807, 2.05) is 27.7 Å². The minimum atomic E-state index is -4.40. The highest BCUT2D eigenvalue weighted by atomic mass is 127. The average molecular weight is 526 g/mol. The van der Waals surface area contributed by atoms with E-state index in [9.17, 15) is 17.4 Å². The summed E-state index contributed by atoms with van der Waals surface area (Å²) in [5.41, 5.74) is -0.849. The molecule has 1 heterocycles. The second-order valence-electron chi connectivity index (χ2n) is 6.22. The molecule has 1 atom stereocenters. The Morgan fingerprint density at radius 3 is 2.46 bits per heavy atom. The van der Waals surface area contributed by atoms with Gasteiger partial charge in [0.2, 0.25) is 0 Å². The number of rotatable bonds is 7. The van der Waals surface area contributed by atoms with Crippen molar-refractivity contribution >= 4 is 52.1 Å². The van der Waals surface area contributed by atoms with E-state index < -0.39 is 22.7 Å². The van der Waals surface area contributed by atoms with Crippen LogP contribution in [0.4, 0.5) is 13.2 Å². The summed E-state index contributed by atoms with van der Waals surface area (Å²) in [6, 6.07) is 0. The highest BCUT2D eigenvalue weighted by molar-refractivity contribution is 14.0. The molecule has 0 saturated carbocycles. The summed E-state index contributed by atoms with van der Waals surface area (Å²) in [4.78, 5) is 7.94. The molecule has 1 unspecified atom stereocenters. The van der Waals surface area contributed by atoms with Crippen LogP contribution < -0.4 is 10.6 Å². The van der Waals surface area contributed by atoms with Crippen molar-refractivity contribution in [1.82, 2.24) is 15.6 Å². The predicted octanol–water partition coefficient (Wildman–Crippen LogP) is 3.42. The van der Waals surface area contributed by atoms with Crippen LogP contribution in [0.25, 0.3) is 0 Å². The van der Waals surface area contributed by atoms with Crippen LogP contribution in [0.5, 0.6) is 0 Å². The molecule has 0 bridgehead atoms. The lowest BCUT2D eigenvalue weighted by Gasteiger charge is -2.17. The molecule has 1 aromatic rings. The Morgan fingerprint density at radius 1 is 1.31 bits per heavy atom. The summed E-state index contributed by atoms with van der Waals surface area (Å²) >= 11 is 0.994. The van der Waals surface area contributed by atoms with Gasteiger partial charge >= 0.3 is 6.18 Å². The van der Waals surface area contributed by atoms with Gasteiger partial charge in [0.05, 0.1) is 11.6 Å². The number of hydrogen-bond donors (Lipinski definition) is 2. The van der Waals surface area contributed by atoms with Crippen LogP contribution in [0.1, 0.15) is 38.4 Å². The van der Waals surface area contributed by atoms with E-state index in [-0.39, 0.29) is 28.7 Å². The van der Waals surface area contributed by atoms with E-state index in [4.69, 9.17) is 0 Å². The fraction of sp³-hybridized carbons (Fsp3) is 0.733. The number of alkyl halides is 3. The van der Waals surface area contributed by atoms with Gasteiger partial charge < -0.3 is 10.6 Å². The zero-order valence-electron chi connectivity index (χ0n) is 15.3. The minimum absolute atomic E-state index is 0. The summed E-state index contributed by atoms with van der Waals surface area (Å²) in [5, 5.41) is 7.55. The van der Waals surface area contributed by atoms with Crippen LogP contribution in [-0.4, -0.2) is 45.3 Å². The Balaban J connectivity index is 0.00000625. The van der Waals surface area contributed by atoms with E-state index in [0.29, 0.717) is 42.8 Å². The highest BCUT2D eigenvalue weighted by Crippen LogP contribution is 2.29. The molecule has 1 aromatic heterocycles. The van der Waals surface area contributed by atoms with Gasteiger partial charge in [-0.15, -0.1) is 35.3 Å². The molecule has 0 spiro atoms. The lowest BCUT2D eigenvalue weighted by atomic mass is 10.3. The topological polar surface area (TPSA) is 66.4 Å². The zero-order valence-corrected chi connectivity index (χ0v) is 19.2. The highest BCUT2D eigenvalue weighted by Gasteiger charge is 2.33. The van der Waals surface area contributed by atoms with Crippen LogP contribution in [0, 0.1) is 0 Å². The molecular formula is C15H26F3IN4OS2. The van der Waals surface area contributed by atoms with Crippen molar-refractivity contribution in [3.8, 4) is 0 Å². The van der Waals surface area contributed by atoms with E-state index in [2.05, 4.69) is 20.6 Å². The summed E-state index contributed by atoms with van der Waals surface area (Å²) < 4.78 is 49.3. The average Bonchev–Trinajstić information content (AvgIpc) is 2.95. The third kappa shape index (κ3) is 9.49. The first-order valence-corrected chi connectivity index (χ1v) is 10.2. The fourth-order valence-corrected chi connectivity index (χ4v) is 3.41. The first-order valence-electron chi connectivity index (χ1n) is 7.96. The number of halogens is 4. The molecule has 0 aromatic carbocycles. The molecule has 0 aliphatic carbocycles. The van der Waals surface area contributed by atoms with Gasteiger partial charge in [0, 0.05) is 46.2 Å². The summed E-state index contributed by atoms with van der Waals surface area (Å²) in [6.07, 6.45) is -4.03. The van der Waals surface area contributed by atoms with Crippen molar-refractivity contribution < 1.29 is 17.4 Å². The molecule has 0 aliphatic rings. The van der Waals surface area contributed by atoms with Gasteiger partial charge in [-0.25, -0.2) is 4.98 Å². The number of nitrogens with one attached hydrogen (secondary N) is 2. The van der Waals surface area contributed by atoms with E-state index in [1.165, 1.54) is 0 Å². The lowest BCUT2D eigenvalue weighted by molar-refractivity contribution is -0.140. The molecule has 152 valence electrons. The number of aromatic nitrogens is 1. The Kier molecular flexibility index (Phi) is 11.2. The monoisotopic (exact) mass is 526 g/mol. The second-order valence-corrected chi connectivity index (χ2v) is 9.49. The third-order valence-electron chi connectivity index (χ3n) is 3.05. The van der Waals surface area contributed by atoms with Crippen molar-refractivity contribution in [2.45, 2.75) is 45.0 Å². The SMILES string of the molecule is CCNC(=NCCS(=O)C(C)(C)C)NCCc1nc(C(F)(F)F)cs1.I. The van der Waals surface area contributed by atoms with Gasteiger partial charge in [0.25, 0.3) is 0 Å². The maximum Gasteiger partial charge on any atom is 0.434 e. The van der Waals surface area contributed by atoms with Gasteiger partial charge in [-0.2, -0.15) is 13.2 Å². The lowest BCUT2D eigenvalue weighted by Crippen LogP contribution is -2.38. The van der Waals surface area contributed by atoms with Crippen molar-refractivity contribution in [1.29, 1.82) is 0 Å². The second kappa shape index (κ2) is 11.4. The fourth-order valence-electron chi connectivity index (χ4n) is 1.73. The molecule has 5 nitrogen and oxygen atoms in total. The first-order chi connectivity index (χ1) is 11.5. The van der Waals surface area contributed by atoms with Gasteiger partial charge in [0.1, 0.15) is 0 Å². The van der Waals surface area contributed by atoms with Crippen LogP contribution in [-0.2, 0) is 23.4 Å². The summed E-state index contributed by atoms with van der Waals surface area (Å²) in [6.45, 7) is 9.15. The number of hydrogen-bond acceptors (Lipinski definition) is 4. The maximum atomic E-state index is 12.5. The van der Waals surface area contributed by atoms with Crippen molar-refractivity contribution in [3.05, 3.63) is 16.1 Å². The predicted molar refractivity (Wildman–Crippen MR) is 113 cm³/mol.